The molecule has 0 aromatic heterocycles. The third kappa shape index (κ3) is 5.48. The number of aliphatic hydroxyl groups is 1. The Balaban J connectivity index is 1.68. The van der Waals surface area contributed by atoms with E-state index < -0.39 is 11.0 Å². The van der Waals surface area contributed by atoms with Crippen molar-refractivity contribution in [3.8, 4) is 0 Å². The van der Waals surface area contributed by atoms with Gasteiger partial charge in [0, 0.05) is 42.5 Å². The summed E-state index contributed by atoms with van der Waals surface area (Å²) in [6, 6.07) is 7.18. The van der Waals surface area contributed by atoms with Crippen LogP contribution in [0.25, 0.3) is 0 Å². The zero-order valence-corrected chi connectivity index (χ0v) is 19.6. The molecule has 6 nitrogen and oxygen atoms in total. The topological polar surface area (TPSA) is 81.7 Å². The van der Waals surface area contributed by atoms with Crippen LogP contribution in [0, 0.1) is 17.3 Å². The van der Waals surface area contributed by atoms with Gasteiger partial charge in [-0.2, -0.15) is 0 Å². The number of hydrogen-bond acceptors (Lipinski definition) is 5. The van der Waals surface area contributed by atoms with Crippen molar-refractivity contribution >= 4 is 23.8 Å². The van der Waals surface area contributed by atoms with Crippen LogP contribution in [0.15, 0.2) is 24.3 Å². The summed E-state index contributed by atoms with van der Waals surface area (Å²) >= 11 is 6.03. The maximum atomic E-state index is 12.8. The molecule has 0 aliphatic carbocycles. The first-order chi connectivity index (χ1) is 14.7. The molecule has 0 spiro atoms. The van der Waals surface area contributed by atoms with Crippen molar-refractivity contribution in [2.75, 3.05) is 32.7 Å². The number of hydrogen-bond donors (Lipinski definition) is 3. The van der Waals surface area contributed by atoms with Gasteiger partial charge < -0.3 is 25.4 Å². The van der Waals surface area contributed by atoms with Crippen molar-refractivity contribution in [3.05, 3.63) is 34.9 Å². The Bertz CT molecular complexity index is 764. The fraction of sp³-hybridized carbons (Fsp3) is 0.667. The van der Waals surface area contributed by atoms with Gasteiger partial charge in [-0.15, -0.1) is 0 Å². The smallest absolute Gasteiger partial charge is 0.224 e. The molecule has 172 valence electrons. The van der Waals surface area contributed by atoms with Crippen LogP contribution in [-0.4, -0.2) is 61.0 Å². The molecule has 0 saturated carbocycles. The summed E-state index contributed by atoms with van der Waals surface area (Å²) in [5, 5.41) is 18.6. The highest BCUT2D eigenvalue weighted by Gasteiger charge is 2.49. The molecule has 3 rings (SSSR count). The van der Waals surface area contributed by atoms with E-state index in [2.05, 4.69) is 29.4 Å². The van der Waals surface area contributed by atoms with E-state index in [-0.39, 0.29) is 23.8 Å². The fourth-order valence-electron chi connectivity index (χ4n) is 4.94. The number of carbonyl (C=O) groups is 2. The molecular weight excluding hydrogens is 414 g/mol. The summed E-state index contributed by atoms with van der Waals surface area (Å²) in [7, 11) is 0. The number of benzene rings is 1. The lowest BCUT2D eigenvalue weighted by atomic mass is 9.66. The first-order valence-electron chi connectivity index (χ1n) is 11.3. The Morgan fingerprint density at radius 3 is 2.68 bits per heavy atom. The van der Waals surface area contributed by atoms with Crippen LogP contribution >= 0.6 is 11.6 Å². The SMILES string of the molecule is C[C@@H](C=O)C(CN1CC[C@](O)(c2ccc(Cl)cc2)C(C)(C)C1)NC(=O)[C@@H]1CCCNC1. The summed E-state index contributed by atoms with van der Waals surface area (Å²) in [5.41, 5.74) is -0.500. The van der Waals surface area contributed by atoms with Crippen molar-refractivity contribution in [1.82, 2.24) is 15.5 Å². The Morgan fingerprint density at radius 2 is 2.10 bits per heavy atom. The second-order valence-corrected chi connectivity index (χ2v) is 10.3. The van der Waals surface area contributed by atoms with Crippen molar-refractivity contribution in [2.45, 2.75) is 51.7 Å². The normalized spacial score (nSPS) is 28.5. The highest BCUT2D eigenvalue weighted by molar-refractivity contribution is 6.30. The lowest BCUT2D eigenvalue weighted by molar-refractivity contribution is -0.132. The van der Waals surface area contributed by atoms with Gasteiger partial charge in [-0.3, -0.25) is 4.79 Å². The van der Waals surface area contributed by atoms with Crippen LogP contribution in [0.2, 0.25) is 5.02 Å². The molecule has 2 fully saturated rings. The molecule has 1 aromatic carbocycles. The maximum absolute atomic E-state index is 12.8. The molecule has 4 atom stereocenters. The van der Waals surface area contributed by atoms with Gasteiger partial charge in [-0.25, -0.2) is 0 Å². The minimum Gasteiger partial charge on any atom is -0.385 e. The molecule has 2 aliphatic heterocycles. The van der Waals surface area contributed by atoms with Crippen LogP contribution in [0.4, 0.5) is 0 Å². The fourth-order valence-corrected chi connectivity index (χ4v) is 5.06. The monoisotopic (exact) mass is 449 g/mol. The van der Waals surface area contributed by atoms with E-state index in [1.54, 1.807) is 0 Å². The molecule has 1 amide bonds. The first-order valence-corrected chi connectivity index (χ1v) is 11.7. The number of nitrogens with one attached hydrogen (secondary N) is 2. The predicted octanol–water partition coefficient (Wildman–Crippen LogP) is 2.58. The number of carbonyl (C=O) groups excluding carboxylic acids is 2. The number of piperidine rings is 2. The Kier molecular flexibility index (Phi) is 7.79. The molecule has 1 aromatic rings. The molecule has 7 heteroatoms. The van der Waals surface area contributed by atoms with Crippen LogP contribution < -0.4 is 10.6 Å². The zero-order valence-electron chi connectivity index (χ0n) is 18.9. The number of rotatable bonds is 7. The second-order valence-electron chi connectivity index (χ2n) is 9.89. The van der Waals surface area contributed by atoms with Gasteiger partial charge in [0.05, 0.1) is 17.6 Å². The van der Waals surface area contributed by atoms with E-state index in [9.17, 15) is 14.7 Å². The van der Waals surface area contributed by atoms with E-state index in [0.29, 0.717) is 37.6 Å². The van der Waals surface area contributed by atoms with Crippen molar-refractivity contribution in [1.29, 1.82) is 0 Å². The molecule has 1 unspecified atom stereocenters. The van der Waals surface area contributed by atoms with E-state index in [0.717, 1.165) is 31.2 Å². The van der Waals surface area contributed by atoms with Gasteiger partial charge in [0.25, 0.3) is 0 Å². The maximum Gasteiger partial charge on any atom is 0.224 e. The van der Waals surface area contributed by atoms with E-state index >= 15 is 0 Å². The van der Waals surface area contributed by atoms with Crippen LogP contribution in [-0.2, 0) is 15.2 Å². The lowest BCUT2D eigenvalue weighted by Crippen LogP contribution is -2.59. The summed E-state index contributed by atoms with van der Waals surface area (Å²) in [6.45, 7) is 9.58. The van der Waals surface area contributed by atoms with Crippen molar-refractivity contribution < 1.29 is 14.7 Å². The van der Waals surface area contributed by atoms with E-state index in [1.165, 1.54) is 0 Å². The van der Waals surface area contributed by atoms with Gasteiger partial charge in [0.15, 0.2) is 0 Å². The summed E-state index contributed by atoms with van der Waals surface area (Å²) < 4.78 is 0. The molecule has 2 saturated heterocycles. The number of halogens is 1. The Hall–Kier alpha value is -1.47. The lowest BCUT2D eigenvalue weighted by Gasteiger charge is -2.51. The number of amides is 1. The van der Waals surface area contributed by atoms with Gasteiger partial charge >= 0.3 is 0 Å². The highest BCUT2D eigenvalue weighted by atomic mass is 35.5. The molecule has 31 heavy (non-hydrogen) atoms. The molecule has 3 N–H and O–H groups in total. The number of aldehydes is 1. The molecule has 0 radical (unpaired) electrons. The first kappa shape index (κ1) is 24.2. The second kappa shape index (κ2) is 9.99. The largest absolute Gasteiger partial charge is 0.385 e. The number of nitrogens with zero attached hydrogens (tertiary/aromatic N) is 1. The van der Waals surface area contributed by atoms with Gasteiger partial charge in [0.1, 0.15) is 6.29 Å². The Labute approximate surface area is 190 Å². The molecule has 0 bridgehead atoms. The minimum atomic E-state index is -0.961. The van der Waals surface area contributed by atoms with Crippen molar-refractivity contribution in [2.24, 2.45) is 17.3 Å². The third-order valence-electron chi connectivity index (χ3n) is 7.15. The van der Waals surface area contributed by atoms with Crippen molar-refractivity contribution in [3.63, 3.8) is 0 Å². The molecular formula is C24H36ClN3O3. The average Bonchev–Trinajstić information content (AvgIpc) is 2.76. The highest BCUT2D eigenvalue weighted by Crippen LogP contribution is 2.46. The minimum absolute atomic E-state index is 0.0276. The van der Waals surface area contributed by atoms with Crippen LogP contribution in [0.1, 0.15) is 45.6 Å². The molecule has 2 heterocycles. The van der Waals surface area contributed by atoms with Crippen LogP contribution in [0.5, 0.6) is 0 Å². The van der Waals surface area contributed by atoms with Gasteiger partial charge in [-0.05, 0) is 43.5 Å². The number of likely N-dealkylation sites (tertiary alicyclic amines) is 1. The van der Waals surface area contributed by atoms with E-state index in [4.69, 9.17) is 11.6 Å². The predicted molar refractivity (Wildman–Crippen MR) is 123 cm³/mol. The molecule has 2 aliphatic rings. The zero-order chi connectivity index (χ0) is 22.6. The van der Waals surface area contributed by atoms with Gasteiger partial charge in [0.2, 0.25) is 5.91 Å². The summed E-state index contributed by atoms with van der Waals surface area (Å²) in [5.74, 6) is -0.288. The van der Waals surface area contributed by atoms with Gasteiger partial charge in [-0.1, -0.05) is 44.5 Å². The quantitative estimate of drug-likeness (QED) is 0.557. The Morgan fingerprint density at radius 1 is 1.39 bits per heavy atom. The van der Waals surface area contributed by atoms with E-state index in [1.807, 2.05) is 31.2 Å². The summed E-state index contributed by atoms with van der Waals surface area (Å²) in [6.07, 6.45) is 3.37. The standard InChI is InChI=1S/C24H36ClN3O3/c1-17(15-29)21(27-22(30)18-5-4-11-26-13-18)14-28-12-10-24(31,23(2,3)16-28)19-6-8-20(25)9-7-19/h6-9,15,17-18,21,26,31H,4-5,10-14,16H2,1-3H3,(H,27,30)/t17-,18+,21?,24-/m0/s1. The van der Waals surface area contributed by atoms with Crippen LogP contribution in [0.3, 0.4) is 0 Å². The third-order valence-corrected chi connectivity index (χ3v) is 7.40. The summed E-state index contributed by atoms with van der Waals surface area (Å²) in [4.78, 5) is 26.6. The average molecular weight is 450 g/mol.